The molecule has 0 saturated carbocycles. The molecule has 3 aromatic rings. The van der Waals surface area contributed by atoms with Crippen LogP contribution < -0.4 is 11.0 Å². The molecular weight excluding hydrogens is 302 g/mol. The summed E-state index contributed by atoms with van der Waals surface area (Å²) in [6.45, 7) is 4.20. The van der Waals surface area contributed by atoms with E-state index in [-0.39, 0.29) is 5.69 Å². The van der Waals surface area contributed by atoms with Gasteiger partial charge in [0, 0.05) is 13.1 Å². The lowest BCUT2D eigenvalue weighted by molar-refractivity contribution is 0.759. The Morgan fingerprint density at radius 3 is 2.71 bits per heavy atom. The molecule has 2 aromatic heterocycles. The van der Waals surface area contributed by atoms with Gasteiger partial charge in [0.25, 0.3) is 0 Å². The first-order valence-corrected chi connectivity index (χ1v) is 7.89. The molecule has 0 aliphatic rings. The van der Waals surface area contributed by atoms with E-state index in [9.17, 15) is 4.79 Å². The summed E-state index contributed by atoms with van der Waals surface area (Å²) in [5.74, 6) is 0.785. The van der Waals surface area contributed by atoms with Gasteiger partial charge in [-0.2, -0.15) is 5.26 Å². The van der Waals surface area contributed by atoms with Gasteiger partial charge in [0.15, 0.2) is 0 Å². The number of imidazole rings is 1. The maximum Gasteiger partial charge on any atom is 0.333 e. The monoisotopic (exact) mass is 321 g/mol. The number of fused-ring (bicyclic) bond motifs is 1. The second-order valence-corrected chi connectivity index (χ2v) is 5.85. The molecule has 1 atom stereocenters. The molecule has 0 fully saturated rings. The number of aromatic nitrogens is 3. The van der Waals surface area contributed by atoms with Crippen molar-refractivity contribution in [1.82, 2.24) is 14.1 Å². The summed E-state index contributed by atoms with van der Waals surface area (Å²) >= 11 is 0. The van der Waals surface area contributed by atoms with Crippen molar-refractivity contribution in [1.29, 1.82) is 5.26 Å². The molecule has 6 heteroatoms. The van der Waals surface area contributed by atoms with Gasteiger partial charge < -0.3 is 5.32 Å². The minimum absolute atomic E-state index is 0.162. The standard InChI is InChI=1S/C18H19N5O/c1-4-12(2)21-17-8-6-14(11-20-17)23-15-7-5-13(10-19)9-16(15)22(3)18(23)24/h5-9,11-12H,4H2,1-3H3,(H,20,21). The molecule has 3 rings (SSSR count). The largest absolute Gasteiger partial charge is 0.368 e. The molecule has 0 bridgehead atoms. The molecule has 0 aliphatic heterocycles. The zero-order chi connectivity index (χ0) is 17.3. The summed E-state index contributed by atoms with van der Waals surface area (Å²) in [6.07, 6.45) is 2.69. The number of hydrogen-bond acceptors (Lipinski definition) is 4. The average molecular weight is 321 g/mol. The molecule has 1 N–H and O–H groups in total. The molecule has 1 unspecified atom stereocenters. The van der Waals surface area contributed by atoms with Crippen LogP contribution in [-0.4, -0.2) is 20.2 Å². The predicted molar refractivity (Wildman–Crippen MR) is 94.4 cm³/mol. The van der Waals surface area contributed by atoms with Gasteiger partial charge in [-0.25, -0.2) is 9.78 Å². The lowest BCUT2D eigenvalue weighted by Crippen LogP contribution is -2.21. The third kappa shape index (κ3) is 2.65. The van der Waals surface area contributed by atoms with Gasteiger partial charge in [0.1, 0.15) is 5.82 Å². The Morgan fingerprint density at radius 2 is 2.08 bits per heavy atom. The highest BCUT2D eigenvalue weighted by atomic mass is 16.1. The Labute approximate surface area is 140 Å². The minimum Gasteiger partial charge on any atom is -0.368 e. The molecular formula is C18H19N5O. The Bertz CT molecular complexity index is 976. The van der Waals surface area contributed by atoms with Crippen molar-refractivity contribution < 1.29 is 0 Å². The van der Waals surface area contributed by atoms with Gasteiger partial charge in [0.05, 0.1) is 34.6 Å². The van der Waals surface area contributed by atoms with E-state index >= 15 is 0 Å². The fourth-order valence-corrected chi connectivity index (χ4v) is 2.61. The van der Waals surface area contributed by atoms with Crippen LogP contribution in [0.2, 0.25) is 0 Å². The second kappa shape index (κ2) is 6.20. The van der Waals surface area contributed by atoms with Crippen molar-refractivity contribution in [3.63, 3.8) is 0 Å². The van der Waals surface area contributed by atoms with Crippen LogP contribution in [0.3, 0.4) is 0 Å². The van der Waals surface area contributed by atoms with Crippen LogP contribution in [0.25, 0.3) is 16.7 Å². The lowest BCUT2D eigenvalue weighted by Gasteiger charge is -2.12. The maximum atomic E-state index is 12.6. The summed E-state index contributed by atoms with van der Waals surface area (Å²) in [5.41, 5.74) is 2.54. The maximum absolute atomic E-state index is 12.6. The Balaban J connectivity index is 2.08. The number of hydrogen-bond donors (Lipinski definition) is 1. The Hall–Kier alpha value is -3.07. The number of anilines is 1. The smallest absolute Gasteiger partial charge is 0.333 e. The molecule has 0 radical (unpaired) electrons. The van der Waals surface area contributed by atoms with Crippen molar-refractivity contribution in [2.45, 2.75) is 26.3 Å². The number of nitrogens with zero attached hydrogens (tertiary/aromatic N) is 4. The SMILES string of the molecule is CCC(C)Nc1ccc(-n2c(=O)n(C)c3cc(C#N)ccc32)cn1. The average Bonchev–Trinajstić information content (AvgIpc) is 2.86. The minimum atomic E-state index is -0.162. The van der Waals surface area contributed by atoms with Gasteiger partial charge >= 0.3 is 5.69 Å². The molecule has 0 saturated heterocycles. The summed E-state index contributed by atoms with van der Waals surface area (Å²) in [7, 11) is 1.70. The Morgan fingerprint density at radius 1 is 1.29 bits per heavy atom. The van der Waals surface area contributed by atoms with Gasteiger partial charge in [-0.05, 0) is 43.7 Å². The zero-order valence-electron chi connectivity index (χ0n) is 13.9. The first-order valence-electron chi connectivity index (χ1n) is 7.89. The fourth-order valence-electron chi connectivity index (χ4n) is 2.61. The molecule has 1 aromatic carbocycles. The van der Waals surface area contributed by atoms with E-state index in [0.29, 0.717) is 17.3 Å². The van der Waals surface area contributed by atoms with Crippen LogP contribution in [-0.2, 0) is 7.05 Å². The highest BCUT2D eigenvalue weighted by molar-refractivity contribution is 5.79. The van der Waals surface area contributed by atoms with Crippen LogP contribution in [0.1, 0.15) is 25.8 Å². The fraction of sp³-hybridized carbons (Fsp3) is 0.278. The third-order valence-electron chi connectivity index (χ3n) is 4.20. The number of rotatable bonds is 4. The molecule has 2 heterocycles. The molecule has 6 nitrogen and oxygen atoms in total. The molecule has 122 valence electrons. The molecule has 0 amide bonds. The predicted octanol–water partition coefficient (Wildman–Crippen LogP) is 2.81. The first-order chi connectivity index (χ1) is 11.5. The van der Waals surface area contributed by atoms with Crippen molar-refractivity contribution in [2.24, 2.45) is 7.05 Å². The van der Waals surface area contributed by atoms with Crippen molar-refractivity contribution >= 4 is 16.9 Å². The van der Waals surface area contributed by atoms with E-state index in [4.69, 9.17) is 5.26 Å². The van der Waals surface area contributed by atoms with Gasteiger partial charge in [-0.3, -0.25) is 9.13 Å². The van der Waals surface area contributed by atoms with E-state index < -0.39 is 0 Å². The Kier molecular flexibility index (Phi) is 4.09. The van der Waals surface area contributed by atoms with Gasteiger partial charge in [0.2, 0.25) is 0 Å². The topological polar surface area (TPSA) is 75.6 Å². The van der Waals surface area contributed by atoms with Crippen LogP contribution >= 0.6 is 0 Å². The zero-order valence-corrected chi connectivity index (χ0v) is 13.9. The van der Waals surface area contributed by atoms with E-state index in [1.165, 1.54) is 0 Å². The van der Waals surface area contributed by atoms with Crippen molar-refractivity contribution in [2.75, 3.05) is 5.32 Å². The van der Waals surface area contributed by atoms with Crippen LogP contribution in [0.15, 0.2) is 41.3 Å². The normalized spacial score (nSPS) is 12.1. The van der Waals surface area contributed by atoms with Crippen LogP contribution in [0, 0.1) is 11.3 Å². The number of aryl methyl sites for hydroxylation is 1. The summed E-state index contributed by atoms with van der Waals surface area (Å²) < 4.78 is 3.15. The molecule has 24 heavy (non-hydrogen) atoms. The number of benzene rings is 1. The summed E-state index contributed by atoms with van der Waals surface area (Å²) in [5, 5.41) is 12.3. The molecule has 0 aliphatic carbocycles. The highest BCUT2D eigenvalue weighted by Gasteiger charge is 2.13. The van der Waals surface area contributed by atoms with Gasteiger partial charge in [-0.15, -0.1) is 0 Å². The first kappa shape index (κ1) is 15.8. The third-order valence-corrected chi connectivity index (χ3v) is 4.20. The van der Waals surface area contributed by atoms with E-state index in [0.717, 1.165) is 23.3 Å². The van der Waals surface area contributed by atoms with E-state index in [1.807, 2.05) is 12.1 Å². The summed E-state index contributed by atoms with van der Waals surface area (Å²) in [4.78, 5) is 17.0. The highest BCUT2D eigenvalue weighted by Crippen LogP contribution is 2.19. The molecule has 0 spiro atoms. The van der Waals surface area contributed by atoms with Crippen LogP contribution in [0.5, 0.6) is 0 Å². The quantitative estimate of drug-likeness (QED) is 0.801. The lowest BCUT2D eigenvalue weighted by atomic mass is 10.2. The number of nitriles is 1. The van der Waals surface area contributed by atoms with E-state index in [1.54, 1.807) is 40.6 Å². The van der Waals surface area contributed by atoms with Gasteiger partial charge in [-0.1, -0.05) is 6.92 Å². The number of nitrogens with one attached hydrogen (secondary N) is 1. The van der Waals surface area contributed by atoms with E-state index in [2.05, 4.69) is 30.2 Å². The second-order valence-electron chi connectivity index (χ2n) is 5.85. The van der Waals surface area contributed by atoms with Crippen molar-refractivity contribution in [3.05, 3.63) is 52.6 Å². The number of pyridine rings is 1. The van der Waals surface area contributed by atoms with Crippen molar-refractivity contribution in [3.8, 4) is 11.8 Å². The summed E-state index contributed by atoms with van der Waals surface area (Å²) in [6, 6.07) is 11.4. The van der Waals surface area contributed by atoms with Crippen LogP contribution in [0.4, 0.5) is 5.82 Å².